The van der Waals surface area contributed by atoms with Crippen molar-refractivity contribution < 1.29 is 0 Å². The number of hydrogen-bond acceptors (Lipinski definition) is 1. The highest BCUT2D eigenvalue weighted by Gasteiger charge is 2.14. The Morgan fingerprint density at radius 1 is 0.941 bits per heavy atom. The molecule has 0 atom stereocenters. The van der Waals surface area contributed by atoms with Gasteiger partial charge in [-0.2, -0.15) is 0 Å². The predicted octanol–water partition coefficient (Wildman–Crippen LogP) is 3.13. The van der Waals surface area contributed by atoms with Crippen molar-refractivity contribution in [3.05, 3.63) is 76.9 Å². The third-order valence-electron chi connectivity index (χ3n) is 3.33. The van der Waals surface area contributed by atoms with Crippen molar-refractivity contribution in [2.45, 2.75) is 13.0 Å². The van der Waals surface area contributed by atoms with E-state index in [9.17, 15) is 0 Å². The quantitative estimate of drug-likeness (QED) is 0.828. The molecule has 0 aliphatic heterocycles. The zero-order valence-electron chi connectivity index (χ0n) is 9.69. The molecule has 1 heteroatoms. The third kappa shape index (κ3) is 1.79. The second-order valence-corrected chi connectivity index (χ2v) is 4.38. The van der Waals surface area contributed by atoms with Crippen LogP contribution in [0.1, 0.15) is 22.3 Å². The maximum atomic E-state index is 5.62. The lowest BCUT2D eigenvalue weighted by Gasteiger charge is -2.06. The fourth-order valence-corrected chi connectivity index (χ4v) is 2.38. The van der Waals surface area contributed by atoms with Gasteiger partial charge in [-0.25, -0.2) is 0 Å². The van der Waals surface area contributed by atoms with Crippen molar-refractivity contribution in [3.8, 4) is 0 Å². The first kappa shape index (κ1) is 10.3. The lowest BCUT2D eigenvalue weighted by Crippen LogP contribution is -1.96. The van der Waals surface area contributed by atoms with Crippen LogP contribution in [0.3, 0.4) is 0 Å². The molecule has 2 aromatic rings. The summed E-state index contributed by atoms with van der Waals surface area (Å²) in [5.41, 5.74) is 12.2. The minimum Gasteiger partial charge on any atom is -0.326 e. The van der Waals surface area contributed by atoms with Crippen LogP contribution in [0, 0.1) is 0 Å². The second-order valence-electron chi connectivity index (χ2n) is 4.38. The first-order valence-electron chi connectivity index (χ1n) is 5.96. The summed E-state index contributed by atoms with van der Waals surface area (Å²) in [7, 11) is 0. The summed E-state index contributed by atoms with van der Waals surface area (Å²) in [6.07, 6.45) is 3.35. The van der Waals surface area contributed by atoms with E-state index in [-0.39, 0.29) is 0 Å². The lowest BCUT2D eigenvalue weighted by molar-refractivity contribution is 1.07. The monoisotopic (exact) mass is 221 g/mol. The van der Waals surface area contributed by atoms with E-state index in [0.29, 0.717) is 6.54 Å². The Kier molecular flexibility index (Phi) is 2.54. The van der Waals surface area contributed by atoms with E-state index in [1.165, 1.54) is 27.8 Å². The van der Waals surface area contributed by atoms with Gasteiger partial charge >= 0.3 is 0 Å². The zero-order chi connectivity index (χ0) is 11.7. The first-order valence-corrected chi connectivity index (χ1v) is 5.96. The van der Waals surface area contributed by atoms with Crippen LogP contribution in [0.2, 0.25) is 0 Å². The number of nitrogens with two attached hydrogens (primary N) is 1. The Balaban J connectivity index is 2.01. The van der Waals surface area contributed by atoms with Gasteiger partial charge < -0.3 is 5.73 Å². The van der Waals surface area contributed by atoms with Gasteiger partial charge in [0.25, 0.3) is 0 Å². The molecular weight excluding hydrogens is 206 g/mol. The van der Waals surface area contributed by atoms with E-state index in [1.54, 1.807) is 0 Å². The summed E-state index contributed by atoms with van der Waals surface area (Å²) in [5, 5.41) is 0. The maximum absolute atomic E-state index is 5.62. The predicted molar refractivity (Wildman–Crippen MR) is 71.6 cm³/mol. The molecule has 0 saturated carbocycles. The topological polar surface area (TPSA) is 26.0 Å². The van der Waals surface area contributed by atoms with Gasteiger partial charge in [0.15, 0.2) is 0 Å². The van der Waals surface area contributed by atoms with E-state index in [4.69, 9.17) is 5.73 Å². The molecule has 0 spiro atoms. The summed E-state index contributed by atoms with van der Waals surface area (Å²) >= 11 is 0. The Hall–Kier alpha value is -1.86. The molecule has 0 fully saturated rings. The normalized spacial score (nSPS) is 13.4. The molecule has 0 radical (unpaired) electrons. The van der Waals surface area contributed by atoms with Crippen LogP contribution < -0.4 is 5.73 Å². The highest BCUT2D eigenvalue weighted by molar-refractivity contribution is 5.84. The number of hydrogen-bond donors (Lipinski definition) is 1. The van der Waals surface area contributed by atoms with Gasteiger partial charge in [0.1, 0.15) is 0 Å². The van der Waals surface area contributed by atoms with Gasteiger partial charge in [-0.15, -0.1) is 0 Å². The Bertz CT molecular complexity index is 564. The van der Waals surface area contributed by atoms with Crippen molar-refractivity contribution >= 4 is 5.57 Å². The highest BCUT2D eigenvalue weighted by atomic mass is 14.5. The molecule has 2 aromatic carbocycles. The number of rotatable bonds is 2. The van der Waals surface area contributed by atoms with Gasteiger partial charge in [0.05, 0.1) is 0 Å². The van der Waals surface area contributed by atoms with Crippen molar-refractivity contribution in [2.24, 2.45) is 5.73 Å². The summed E-state index contributed by atoms with van der Waals surface area (Å²) in [6.45, 7) is 0.607. The van der Waals surface area contributed by atoms with Crippen molar-refractivity contribution in [1.29, 1.82) is 0 Å². The first-order chi connectivity index (χ1) is 8.38. The van der Waals surface area contributed by atoms with Gasteiger partial charge in [0, 0.05) is 6.54 Å². The summed E-state index contributed by atoms with van der Waals surface area (Å²) < 4.78 is 0. The molecule has 3 rings (SSSR count). The maximum Gasteiger partial charge on any atom is 0.0178 e. The summed E-state index contributed by atoms with van der Waals surface area (Å²) in [5.74, 6) is 0. The number of allylic oxidation sites excluding steroid dienone is 1. The molecule has 1 aliphatic carbocycles. The standard InChI is InChI=1S/C16H15N/c17-11-12-5-7-14(8-6-12)16-10-9-13-3-1-2-4-15(13)16/h1-8,10H,9,11,17H2. The van der Waals surface area contributed by atoms with Gasteiger partial charge in [0.2, 0.25) is 0 Å². The molecule has 84 valence electrons. The van der Waals surface area contributed by atoms with Crippen molar-refractivity contribution in [3.63, 3.8) is 0 Å². The smallest absolute Gasteiger partial charge is 0.0178 e. The Labute approximate surface area is 102 Å². The lowest BCUT2D eigenvalue weighted by atomic mass is 9.98. The van der Waals surface area contributed by atoms with Gasteiger partial charge in [-0.05, 0) is 34.2 Å². The Morgan fingerprint density at radius 3 is 2.47 bits per heavy atom. The number of fused-ring (bicyclic) bond motifs is 1. The molecule has 17 heavy (non-hydrogen) atoms. The summed E-state index contributed by atoms with van der Waals surface area (Å²) in [4.78, 5) is 0. The molecule has 0 aromatic heterocycles. The van der Waals surface area contributed by atoms with E-state index in [1.807, 2.05) is 0 Å². The molecule has 0 saturated heterocycles. The Morgan fingerprint density at radius 2 is 1.71 bits per heavy atom. The van der Waals surface area contributed by atoms with Crippen LogP contribution in [0.5, 0.6) is 0 Å². The minimum absolute atomic E-state index is 0.607. The molecule has 2 N–H and O–H groups in total. The van der Waals surface area contributed by atoms with Crippen molar-refractivity contribution in [2.75, 3.05) is 0 Å². The van der Waals surface area contributed by atoms with Crippen LogP contribution in [0.15, 0.2) is 54.6 Å². The molecule has 1 nitrogen and oxygen atoms in total. The molecule has 0 amide bonds. The zero-order valence-corrected chi connectivity index (χ0v) is 9.69. The van der Waals surface area contributed by atoms with Crippen LogP contribution in [-0.2, 0) is 13.0 Å². The molecule has 0 bridgehead atoms. The van der Waals surface area contributed by atoms with E-state index >= 15 is 0 Å². The fourth-order valence-electron chi connectivity index (χ4n) is 2.38. The van der Waals surface area contributed by atoms with Crippen molar-refractivity contribution in [1.82, 2.24) is 0 Å². The molecular formula is C16H15N. The molecule has 0 heterocycles. The summed E-state index contributed by atoms with van der Waals surface area (Å²) in [6, 6.07) is 17.2. The largest absolute Gasteiger partial charge is 0.326 e. The fraction of sp³-hybridized carbons (Fsp3) is 0.125. The average molecular weight is 221 g/mol. The molecule has 1 aliphatic rings. The van der Waals surface area contributed by atoms with Crippen LogP contribution in [-0.4, -0.2) is 0 Å². The van der Waals surface area contributed by atoms with E-state index in [2.05, 4.69) is 54.6 Å². The highest BCUT2D eigenvalue weighted by Crippen LogP contribution is 2.32. The van der Waals surface area contributed by atoms with Crippen LogP contribution in [0.4, 0.5) is 0 Å². The van der Waals surface area contributed by atoms with E-state index in [0.717, 1.165) is 6.42 Å². The van der Waals surface area contributed by atoms with Crippen LogP contribution in [0.25, 0.3) is 5.57 Å². The van der Waals surface area contributed by atoms with E-state index < -0.39 is 0 Å². The third-order valence-corrected chi connectivity index (χ3v) is 3.33. The van der Waals surface area contributed by atoms with Crippen LogP contribution >= 0.6 is 0 Å². The average Bonchev–Trinajstić information content (AvgIpc) is 2.83. The van der Waals surface area contributed by atoms with Gasteiger partial charge in [-0.1, -0.05) is 54.6 Å². The molecule has 0 unspecified atom stereocenters. The SMILES string of the molecule is NCc1ccc(C2=CCc3ccccc32)cc1. The minimum atomic E-state index is 0.607. The number of benzene rings is 2. The van der Waals surface area contributed by atoms with Gasteiger partial charge in [-0.3, -0.25) is 0 Å². The second kappa shape index (κ2) is 4.19.